The first-order valence-corrected chi connectivity index (χ1v) is 9.37. The van der Waals surface area contributed by atoms with E-state index >= 15 is 0 Å². The van der Waals surface area contributed by atoms with Crippen molar-refractivity contribution in [2.45, 2.75) is 18.9 Å². The SMILES string of the molecule is O=C(NCc1ccco1)C1CC(c2ccccc2)CN(C(=O)c2ccoc2)C1. The minimum absolute atomic E-state index is 0.0676. The van der Waals surface area contributed by atoms with E-state index in [9.17, 15) is 9.59 Å². The predicted octanol–water partition coefficient (Wildman–Crippen LogP) is 3.43. The maximum atomic E-state index is 12.9. The molecule has 1 aliphatic heterocycles. The molecule has 1 fully saturated rings. The second-order valence-corrected chi connectivity index (χ2v) is 7.06. The summed E-state index contributed by atoms with van der Waals surface area (Å²) in [6.07, 6.45) is 5.21. The van der Waals surface area contributed by atoms with Crippen molar-refractivity contribution in [1.82, 2.24) is 10.2 Å². The normalized spacial score (nSPS) is 19.4. The second-order valence-electron chi connectivity index (χ2n) is 7.06. The molecule has 0 saturated carbocycles. The number of likely N-dealkylation sites (tertiary alicyclic amines) is 1. The number of hydrogen-bond donors (Lipinski definition) is 1. The van der Waals surface area contributed by atoms with E-state index in [0.717, 1.165) is 5.56 Å². The molecule has 0 aliphatic carbocycles. The maximum absolute atomic E-state index is 12.9. The Morgan fingerprint density at radius 3 is 2.61 bits per heavy atom. The van der Waals surface area contributed by atoms with Gasteiger partial charge in [-0.2, -0.15) is 0 Å². The number of benzene rings is 1. The van der Waals surface area contributed by atoms with Gasteiger partial charge in [0.15, 0.2) is 0 Å². The Labute approximate surface area is 163 Å². The van der Waals surface area contributed by atoms with Gasteiger partial charge in [-0.1, -0.05) is 30.3 Å². The molecular weight excluding hydrogens is 356 g/mol. The third-order valence-electron chi connectivity index (χ3n) is 5.16. The smallest absolute Gasteiger partial charge is 0.257 e. The summed E-state index contributed by atoms with van der Waals surface area (Å²) < 4.78 is 10.3. The Hall–Kier alpha value is -3.28. The van der Waals surface area contributed by atoms with Crippen molar-refractivity contribution in [3.63, 3.8) is 0 Å². The van der Waals surface area contributed by atoms with E-state index in [1.165, 1.54) is 12.5 Å². The number of amides is 2. The van der Waals surface area contributed by atoms with E-state index in [2.05, 4.69) is 5.32 Å². The highest BCUT2D eigenvalue weighted by molar-refractivity contribution is 5.94. The average Bonchev–Trinajstić information content (AvgIpc) is 3.46. The molecule has 1 aliphatic rings. The molecule has 2 unspecified atom stereocenters. The minimum atomic E-state index is -0.287. The van der Waals surface area contributed by atoms with E-state index in [1.807, 2.05) is 36.4 Å². The van der Waals surface area contributed by atoms with Crippen LogP contribution >= 0.6 is 0 Å². The number of nitrogens with one attached hydrogen (secondary N) is 1. The first-order valence-electron chi connectivity index (χ1n) is 9.37. The summed E-state index contributed by atoms with van der Waals surface area (Å²) in [4.78, 5) is 27.4. The van der Waals surface area contributed by atoms with Crippen LogP contribution in [-0.2, 0) is 11.3 Å². The first-order chi connectivity index (χ1) is 13.7. The fourth-order valence-electron chi connectivity index (χ4n) is 3.72. The van der Waals surface area contributed by atoms with Crippen molar-refractivity contribution >= 4 is 11.8 Å². The quantitative estimate of drug-likeness (QED) is 0.738. The van der Waals surface area contributed by atoms with Gasteiger partial charge in [0.05, 0.1) is 30.6 Å². The number of rotatable bonds is 5. The van der Waals surface area contributed by atoms with Gasteiger partial charge in [0.2, 0.25) is 5.91 Å². The van der Waals surface area contributed by atoms with Crippen LogP contribution in [0.3, 0.4) is 0 Å². The van der Waals surface area contributed by atoms with Gasteiger partial charge >= 0.3 is 0 Å². The first kappa shape index (κ1) is 18.1. The van der Waals surface area contributed by atoms with Crippen molar-refractivity contribution < 1.29 is 18.4 Å². The summed E-state index contributed by atoms with van der Waals surface area (Å²) in [5.41, 5.74) is 1.64. The van der Waals surface area contributed by atoms with E-state index < -0.39 is 0 Å². The molecule has 1 N–H and O–H groups in total. The summed E-state index contributed by atoms with van der Waals surface area (Å²) >= 11 is 0. The molecule has 3 aromatic rings. The predicted molar refractivity (Wildman–Crippen MR) is 102 cm³/mol. The standard InChI is InChI=1S/C22H22N2O4/c25-21(23-12-20-7-4-9-28-20)19-11-18(16-5-2-1-3-6-16)13-24(14-19)22(26)17-8-10-27-15-17/h1-10,15,18-19H,11-14H2,(H,23,25). The molecule has 144 valence electrons. The zero-order valence-corrected chi connectivity index (χ0v) is 15.4. The largest absolute Gasteiger partial charge is 0.472 e. The average molecular weight is 378 g/mol. The van der Waals surface area contributed by atoms with Gasteiger partial charge in [-0.15, -0.1) is 0 Å². The number of carbonyl (C=O) groups is 2. The maximum Gasteiger partial charge on any atom is 0.257 e. The van der Waals surface area contributed by atoms with Crippen molar-refractivity contribution in [1.29, 1.82) is 0 Å². The molecule has 1 aromatic carbocycles. The summed E-state index contributed by atoms with van der Waals surface area (Å²) in [7, 11) is 0. The lowest BCUT2D eigenvalue weighted by molar-refractivity contribution is -0.126. The lowest BCUT2D eigenvalue weighted by Crippen LogP contribution is -2.47. The van der Waals surface area contributed by atoms with E-state index in [-0.39, 0.29) is 23.7 Å². The Morgan fingerprint density at radius 2 is 1.89 bits per heavy atom. The number of piperidine rings is 1. The minimum Gasteiger partial charge on any atom is -0.472 e. The fraction of sp³-hybridized carbons (Fsp3) is 0.273. The Bertz CT molecular complexity index is 903. The van der Waals surface area contributed by atoms with E-state index in [4.69, 9.17) is 8.83 Å². The zero-order chi connectivity index (χ0) is 19.3. The molecule has 0 radical (unpaired) electrons. The second kappa shape index (κ2) is 8.17. The number of furan rings is 2. The molecule has 0 spiro atoms. The van der Waals surface area contributed by atoms with Crippen LogP contribution in [0.4, 0.5) is 0 Å². The third-order valence-corrected chi connectivity index (χ3v) is 5.16. The van der Waals surface area contributed by atoms with Crippen LogP contribution in [-0.4, -0.2) is 29.8 Å². The molecule has 1 saturated heterocycles. The number of nitrogens with zero attached hydrogens (tertiary/aromatic N) is 1. The topological polar surface area (TPSA) is 75.7 Å². The highest BCUT2D eigenvalue weighted by Gasteiger charge is 2.35. The Kier molecular flexibility index (Phi) is 5.28. The van der Waals surface area contributed by atoms with Gasteiger partial charge in [0.25, 0.3) is 5.91 Å². The van der Waals surface area contributed by atoms with Crippen LogP contribution in [0.2, 0.25) is 0 Å². The van der Waals surface area contributed by atoms with Crippen molar-refractivity contribution in [3.05, 3.63) is 84.2 Å². The molecule has 2 amide bonds. The summed E-state index contributed by atoms with van der Waals surface area (Å²) in [5.74, 6) is 0.338. The molecule has 2 atom stereocenters. The van der Waals surface area contributed by atoms with E-state index in [0.29, 0.717) is 37.4 Å². The molecular formula is C22H22N2O4. The van der Waals surface area contributed by atoms with Gasteiger partial charge in [-0.25, -0.2) is 0 Å². The van der Waals surface area contributed by atoms with Crippen LogP contribution in [0.5, 0.6) is 0 Å². The van der Waals surface area contributed by atoms with E-state index in [1.54, 1.807) is 23.3 Å². The molecule has 6 heteroatoms. The monoisotopic (exact) mass is 378 g/mol. The molecule has 2 aromatic heterocycles. The van der Waals surface area contributed by atoms with Gasteiger partial charge in [-0.3, -0.25) is 9.59 Å². The molecule has 28 heavy (non-hydrogen) atoms. The van der Waals surface area contributed by atoms with Gasteiger partial charge < -0.3 is 19.1 Å². The lowest BCUT2D eigenvalue weighted by Gasteiger charge is -2.37. The molecule has 3 heterocycles. The lowest BCUT2D eigenvalue weighted by atomic mass is 9.84. The Morgan fingerprint density at radius 1 is 1.04 bits per heavy atom. The molecule has 4 rings (SSSR count). The van der Waals surface area contributed by atoms with Gasteiger partial charge in [-0.05, 0) is 30.2 Å². The molecule has 0 bridgehead atoms. The van der Waals surface area contributed by atoms with Crippen molar-refractivity contribution in [3.8, 4) is 0 Å². The van der Waals surface area contributed by atoms with Gasteiger partial charge in [0, 0.05) is 19.0 Å². The third kappa shape index (κ3) is 4.01. The van der Waals surface area contributed by atoms with Crippen LogP contribution < -0.4 is 5.32 Å². The van der Waals surface area contributed by atoms with Crippen LogP contribution in [0.25, 0.3) is 0 Å². The van der Waals surface area contributed by atoms with Crippen LogP contribution in [0.15, 0.2) is 76.2 Å². The van der Waals surface area contributed by atoms with Crippen LogP contribution in [0, 0.1) is 5.92 Å². The number of carbonyl (C=O) groups excluding carboxylic acids is 2. The highest BCUT2D eigenvalue weighted by atomic mass is 16.3. The van der Waals surface area contributed by atoms with Crippen molar-refractivity contribution in [2.24, 2.45) is 5.92 Å². The highest BCUT2D eigenvalue weighted by Crippen LogP contribution is 2.31. The van der Waals surface area contributed by atoms with Crippen molar-refractivity contribution in [2.75, 3.05) is 13.1 Å². The summed E-state index contributed by atoms with van der Waals surface area (Å²) in [6, 6.07) is 15.3. The fourth-order valence-corrected chi connectivity index (χ4v) is 3.72. The van der Waals surface area contributed by atoms with Gasteiger partial charge in [0.1, 0.15) is 12.0 Å². The molecule has 6 nitrogen and oxygen atoms in total. The summed E-state index contributed by atoms with van der Waals surface area (Å²) in [5, 5.41) is 2.93. The number of hydrogen-bond acceptors (Lipinski definition) is 4. The zero-order valence-electron chi connectivity index (χ0n) is 15.4. The summed E-state index contributed by atoms with van der Waals surface area (Å²) in [6.45, 7) is 1.31. The van der Waals surface area contributed by atoms with Crippen LogP contribution in [0.1, 0.15) is 34.0 Å². The Balaban J connectivity index is 1.51.